The van der Waals surface area contributed by atoms with Crippen LogP contribution in [0.2, 0.25) is 0 Å². The van der Waals surface area contributed by atoms with E-state index in [-0.39, 0.29) is 17.1 Å². The second kappa shape index (κ2) is 7.07. The number of carbonyl (C=O) groups excluding carboxylic acids is 3. The first-order valence-electron chi connectivity index (χ1n) is 7.48. The number of imide groups is 1. The average molecular weight is 374 g/mol. The molecule has 0 atom stereocenters. The molecule has 1 aromatic heterocycles. The summed E-state index contributed by atoms with van der Waals surface area (Å²) in [7, 11) is 0. The monoisotopic (exact) mass is 374 g/mol. The van der Waals surface area contributed by atoms with Crippen LogP contribution < -0.4 is 10.6 Å². The topological polar surface area (TPSA) is 135 Å². The van der Waals surface area contributed by atoms with Gasteiger partial charge in [-0.05, 0) is 18.2 Å². The van der Waals surface area contributed by atoms with Crippen LogP contribution in [0, 0.1) is 15.9 Å². The van der Waals surface area contributed by atoms with E-state index in [0.29, 0.717) is 4.90 Å². The molecule has 4 amide bonds. The van der Waals surface area contributed by atoms with Gasteiger partial charge in [-0.25, -0.2) is 14.1 Å². The number of urea groups is 1. The van der Waals surface area contributed by atoms with E-state index in [1.165, 1.54) is 24.3 Å². The molecule has 11 heteroatoms. The number of para-hydroxylation sites is 1. The van der Waals surface area contributed by atoms with Crippen LogP contribution in [0.25, 0.3) is 6.08 Å². The number of carbonyl (C=O) groups is 3. The van der Waals surface area contributed by atoms with Crippen LogP contribution in [-0.4, -0.2) is 34.2 Å². The molecule has 1 aliphatic rings. The Morgan fingerprint density at radius 1 is 1.30 bits per heavy atom. The quantitative estimate of drug-likeness (QED) is 0.355. The van der Waals surface area contributed by atoms with Gasteiger partial charge in [-0.15, -0.1) is 0 Å². The van der Waals surface area contributed by atoms with Gasteiger partial charge >= 0.3 is 11.9 Å². The third-order valence-corrected chi connectivity index (χ3v) is 3.49. The van der Waals surface area contributed by atoms with Gasteiger partial charge in [0.15, 0.2) is 0 Å². The molecule has 1 saturated heterocycles. The van der Waals surface area contributed by atoms with Crippen molar-refractivity contribution in [1.29, 1.82) is 0 Å². The van der Waals surface area contributed by atoms with Crippen molar-refractivity contribution in [3.05, 3.63) is 63.8 Å². The van der Waals surface area contributed by atoms with Crippen LogP contribution in [-0.2, 0) is 9.59 Å². The summed E-state index contributed by atoms with van der Waals surface area (Å²) in [6.07, 6.45) is 1.10. The fraction of sp³-hybridized carbons (Fsp3) is 0.0625. The molecule has 0 saturated carbocycles. The number of benzene rings is 1. The number of hydrogen-bond acceptors (Lipinski definition) is 6. The number of nitrogens with one attached hydrogen (secondary N) is 2. The molecule has 2 heterocycles. The maximum Gasteiger partial charge on any atom is 0.433 e. The first-order chi connectivity index (χ1) is 12.8. The third kappa shape index (κ3) is 3.81. The molecule has 1 fully saturated rings. The highest BCUT2D eigenvalue weighted by atomic mass is 19.1. The molecule has 138 valence electrons. The lowest BCUT2D eigenvalue weighted by molar-refractivity contribution is -0.402. The summed E-state index contributed by atoms with van der Waals surface area (Å²) in [5.74, 6) is -2.83. The second-order valence-electron chi connectivity index (χ2n) is 5.34. The van der Waals surface area contributed by atoms with Crippen LogP contribution in [0.15, 0.2) is 46.5 Å². The average Bonchev–Trinajstić information content (AvgIpc) is 3.18. The molecular weight excluding hydrogens is 363 g/mol. The Morgan fingerprint density at radius 3 is 2.70 bits per heavy atom. The maximum atomic E-state index is 13.5. The van der Waals surface area contributed by atoms with Crippen LogP contribution in [0.5, 0.6) is 0 Å². The minimum absolute atomic E-state index is 0.0250. The zero-order valence-corrected chi connectivity index (χ0v) is 13.5. The van der Waals surface area contributed by atoms with Gasteiger partial charge in [-0.1, -0.05) is 12.1 Å². The van der Waals surface area contributed by atoms with Crippen LogP contribution in [0.4, 0.5) is 20.8 Å². The molecule has 2 N–H and O–H groups in total. The summed E-state index contributed by atoms with van der Waals surface area (Å²) in [6.45, 7) is -0.644. The zero-order valence-electron chi connectivity index (χ0n) is 13.5. The summed E-state index contributed by atoms with van der Waals surface area (Å²) in [4.78, 5) is 46.6. The second-order valence-corrected chi connectivity index (χ2v) is 5.34. The SMILES string of the molecule is O=C(CN1C(=O)N/C(=C/c2ccc([N+](=O)[O-])o2)C1=O)Nc1ccccc1F. The Labute approximate surface area is 150 Å². The molecule has 2 aromatic rings. The van der Waals surface area contributed by atoms with Crippen molar-refractivity contribution in [2.75, 3.05) is 11.9 Å². The number of amides is 4. The minimum atomic E-state index is -0.865. The molecular formula is C16H11FN4O6. The lowest BCUT2D eigenvalue weighted by atomic mass is 10.3. The van der Waals surface area contributed by atoms with E-state index < -0.39 is 41.0 Å². The molecule has 0 bridgehead atoms. The van der Waals surface area contributed by atoms with E-state index >= 15 is 0 Å². The van der Waals surface area contributed by atoms with Crippen LogP contribution in [0.1, 0.15) is 5.76 Å². The first-order valence-corrected chi connectivity index (χ1v) is 7.48. The number of nitrogens with zero attached hydrogens (tertiary/aromatic N) is 2. The lowest BCUT2D eigenvalue weighted by Gasteiger charge is -2.12. The molecule has 1 aliphatic heterocycles. The largest absolute Gasteiger partial charge is 0.433 e. The van der Waals surface area contributed by atoms with Gasteiger partial charge in [0.25, 0.3) is 5.91 Å². The van der Waals surface area contributed by atoms with Crippen molar-refractivity contribution in [3.63, 3.8) is 0 Å². The maximum absolute atomic E-state index is 13.5. The van der Waals surface area contributed by atoms with Gasteiger partial charge in [0.05, 0.1) is 11.8 Å². The fourth-order valence-corrected chi connectivity index (χ4v) is 2.27. The molecule has 0 unspecified atom stereocenters. The molecule has 3 rings (SSSR count). The standard InChI is InChI=1S/C16H11FN4O6/c17-10-3-1-2-4-11(10)18-13(22)8-20-15(23)12(19-16(20)24)7-9-5-6-14(27-9)21(25)26/h1-7H,8H2,(H,18,22)(H,19,24)/b12-7+. The van der Waals surface area contributed by atoms with E-state index in [1.54, 1.807) is 0 Å². The van der Waals surface area contributed by atoms with Gasteiger partial charge in [0, 0.05) is 6.08 Å². The van der Waals surface area contributed by atoms with Gasteiger partial charge in [-0.3, -0.25) is 19.7 Å². The van der Waals surface area contributed by atoms with Gasteiger partial charge in [-0.2, -0.15) is 0 Å². The van der Waals surface area contributed by atoms with E-state index in [4.69, 9.17) is 4.42 Å². The number of anilines is 1. The molecule has 0 aliphatic carbocycles. The highest BCUT2D eigenvalue weighted by Gasteiger charge is 2.35. The van der Waals surface area contributed by atoms with E-state index in [1.807, 2.05) is 0 Å². The van der Waals surface area contributed by atoms with Crippen molar-refractivity contribution in [3.8, 4) is 0 Å². The smallest absolute Gasteiger partial charge is 0.401 e. The predicted molar refractivity (Wildman–Crippen MR) is 88.6 cm³/mol. The van der Waals surface area contributed by atoms with Gasteiger partial charge < -0.3 is 15.1 Å². The fourth-order valence-electron chi connectivity index (χ4n) is 2.27. The molecule has 27 heavy (non-hydrogen) atoms. The number of halogens is 1. The third-order valence-electron chi connectivity index (χ3n) is 3.49. The zero-order chi connectivity index (χ0) is 19.6. The number of rotatable bonds is 5. The van der Waals surface area contributed by atoms with Crippen molar-refractivity contribution >= 4 is 35.5 Å². The highest BCUT2D eigenvalue weighted by Crippen LogP contribution is 2.20. The normalized spacial score (nSPS) is 15.1. The van der Waals surface area contributed by atoms with Crippen molar-refractivity contribution in [2.45, 2.75) is 0 Å². The summed E-state index contributed by atoms with van der Waals surface area (Å²) < 4.78 is 18.4. The Bertz CT molecular complexity index is 983. The van der Waals surface area contributed by atoms with E-state index in [9.17, 15) is 28.9 Å². The molecule has 1 aromatic carbocycles. The van der Waals surface area contributed by atoms with Crippen LogP contribution >= 0.6 is 0 Å². The Hall–Kier alpha value is -4.02. The number of nitro groups is 1. The Morgan fingerprint density at radius 2 is 2.04 bits per heavy atom. The Balaban J connectivity index is 1.70. The molecule has 10 nitrogen and oxygen atoms in total. The van der Waals surface area contributed by atoms with E-state index in [2.05, 4.69) is 10.6 Å². The van der Waals surface area contributed by atoms with Gasteiger partial charge in [0.1, 0.15) is 28.7 Å². The summed E-state index contributed by atoms with van der Waals surface area (Å²) in [5.41, 5.74) is -0.309. The summed E-state index contributed by atoms with van der Waals surface area (Å²) in [6, 6.07) is 6.90. The Kier molecular flexibility index (Phi) is 4.66. The highest BCUT2D eigenvalue weighted by molar-refractivity contribution is 6.15. The summed E-state index contributed by atoms with van der Waals surface area (Å²) >= 11 is 0. The molecule has 0 spiro atoms. The predicted octanol–water partition coefficient (Wildman–Crippen LogP) is 1.86. The lowest BCUT2D eigenvalue weighted by Crippen LogP contribution is -2.38. The number of furan rings is 1. The van der Waals surface area contributed by atoms with Crippen molar-refractivity contribution in [2.24, 2.45) is 0 Å². The minimum Gasteiger partial charge on any atom is -0.401 e. The number of hydrogen-bond donors (Lipinski definition) is 2. The van der Waals surface area contributed by atoms with E-state index in [0.717, 1.165) is 18.2 Å². The summed E-state index contributed by atoms with van der Waals surface area (Å²) in [5, 5.41) is 15.1. The molecule has 0 radical (unpaired) electrons. The first kappa shape index (κ1) is 17.8. The van der Waals surface area contributed by atoms with Crippen molar-refractivity contribution < 1.29 is 28.1 Å². The van der Waals surface area contributed by atoms with Crippen molar-refractivity contribution in [1.82, 2.24) is 10.2 Å². The van der Waals surface area contributed by atoms with Crippen LogP contribution in [0.3, 0.4) is 0 Å². The van der Waals surface area contributed by atoms with Gasteiger partial charge in [0.2, 0.25) is 5.91 Å².